The molecule has 2 N–H and O–H groups in total. The third kappa shape index (κ3) is 3.90. The van der Waals surface area contributed by atoms with Gasteiger partial charge in [-0.2, -0.15) is 0 Å². The minimum Gasteiger partial charge on any atom is -0.372 e. The van der Waals surface area contributed by atoms with Crippen molar-refractivity contribution in [3.63, 3.8) is 0 Å². The van der Waals surface area contributed by atoms with Gasteiger partial charge in [0, 0.05) is 22.9 Å². The van der Waals surface area contributed by atoms with Crippen LogP contribution in [0.1, 0.15) is 16.1 Å². The summed E-state index contributed by atoms with van der Waals surface area (Å²) in [5.41, 5.74) is 2.87. The maximum atomic E-state index is 14.0. The Morgan fingerprint density at radius 2 is 1.81 bits per heavy atom. The first-order valence-electron chi connectivity index (χ1n) is 8.11. The van der Waals surface area contributed by atoms with E-state index < -0.39 is 0 Å². The quantitative estimate of drug-likeness (QED) is 0.398. The molecule has 0 aliphatic carbocycles. The molecule has 26 heavy (non-hydrogen) atoms. The molecule has 0 fully saturated rings. The first-order valence-corrected chi connectivity index (χ1v) is 8.11. The summed E-state index contributed by atoms with van der Waals surface area (Å²) >= 11 is 0. The monoisotopic (exact) mass is 344 g/mol. The van der Waals surface area contributed by atoms with Gasteiger partial charge in [0.1, 0.15) is 5.82 Å². The van der Waals surface area contributed by atoms with E-state index in [0.29, 0.717) is 28.2 Å². The van der Waals surface area contributed by atoms with Gasteiger partial charge in [0.05, 0.1) is 17.9 Å². The first kappa shape index (κ1) is 17.2. The van der Waals surface area contributed by atoms with Gasteiger partial charge in [-0.15, -0.1) is 6.42 Å². The van der Waals surface area contributed by atoms with E-state index in [9.17, 15) is 9.18 Å². The smallest absolute Gasteiger partial charge is 0.187 e. The van der Waals surface area contributed by atoms with Crippen LogP contribution in [-0.4, -0.2) is 17.3 Å². The second kappa shape index (κ2) is 8.00. The van der Waals surface area contributed by atoms with Gasteiger partial charge in [0.2, 0.25) is 0 Å². The molecule has 0 aliphatic rings. The van der Waals surface area contributed by atoms with E-state index in [1.165, 1.54) is 12.1 Å². The normalized spacial score (nSPS) is 11.0. The second-order valence-electron chi connectivity index (χ2n) is 5.61. The fourth-order valence-electron chi connectivity index (χ4n) is 2.58. The Morgan fingerprint density at radius 3 is 2.54 bits per heavy atom. The Balaban J connectivity index is 1.94. The summed E-state index contributed by atoms with van der Waals surface area (Å²) in [5, 5.41) is 3.04. The Morgan fingerprint density at radius 1 is 1.08 bits per heavy atom. The zero-order valence-electron chi connectivity index (χ0n) is 14.0. The van der Waals surface area contributed by atoms with Gasteiger partial charge >= 0.3 is 0 Å². The number of benzene rings is 2. The molecule has 1 heterocycles. The van der Waals surface area contributed by atoms with Crippen molar-refractivity contribution in [2.75, 3.05) is 6.54 Å². The van der Waals surface area contributed by atoms with E-state index in [1.807, 2.05) is 6.07 Å². The predicted octanol–water partition coefficient (Wildman–Crippen LogP) is 4.27. The van der Waals surface area contributed by atoms with E-state index in [-0.39, 0.29) is 18.1 Å². The number of hydrogen-bond donors (Lipinski definition) is 2. The molecule has 0 radical (unpaired) electrons. The molecule has 0 saturated carbocycles. The van der Waals surface area contributed by atoms with Crippen LogP contribution in [0.5, 0.6) is 0 Å². The van der Waals surface area contributed by atoms with Crippen molar-refractivity contribution < 1.29 is 9.18 Å². The van der Waals surface area contributed by atoms with Gasteiger partial charge in [-0.05, 0) is 24.3 Å². The molecule has 0 spiro atoms. The number of terminal acetylenes is 1. The van der Waals surface area contributed by atoms with E-state index >= 15 is 0 Å². The molecule has 2 aromatic carbocycles. The number of ketones is 1. The van der Waals surface area contributed by atoms with Crippen LogP contribution in [0, 0.1) is 18.2 Å². The SMILES string of the molecule is C#CCN/C(=C\C(=O)c1ccccc1)c1ccc(-c2ccccc2F)[nH]1. The van der Waals surface area contributed by atoms with Gasteiger partial charge in [-0.1, -0.05) is 48.4 Å². The zero-order valence-corrected chi connectivity index (χ0v) is 14.0. The van der Waals surface area contributed by atoms with E-state index in [0.717, 1.165) is 0 Å². The average molecular weight is 344 g/mol. The summed E-state index contributed by atoms with van der Waals surface area (Å²) < 4.78 is 14.0. The highest BCUT2D eigenvalue weighted by Gasteiger charge is 2.11. The van der Waals surface area contributed by atoms with Crippen molar-refractivity contribution in [1.29, 1.82) is 0 Å². The lowest BCUT2D eigenvalue weighted by Gasteiger charge is -2.07. The number of hydrogen-bond acceptors (Lipinski definition) is 2. The van der Waals surface area contributed by atoms with E-state index in [1.54, 1.807) is 54.6 Å². The lowest BCUT2D eigenvalue weighted by atomic mass is 10.1. The van der Waals surface area contributed by atoms with Gasteiger partial charge < -0.3 is 10.3 Å². The van der Waals surface area contributed by atoms with Gasteiger partial charge in [0.25, 0.3) is 0 Å². The van der Waals surface area contributed by atoms with Crippen LogP contribution < -0.4 is 5.32 Å². The molecule has 0 saturated heterocycles. The standard InChI is InChI=1S/C22H17FN2O/c1-2-14-24-21(15-22(26)16-8-4-3-5-9-16)20-13-12-19(25-20)17-10-6-7-11-18(17)23/h1,3-13,15,24-25H,14H2/b21-15-. The van der Waals surface area contributed by atoms with Crippen molar-refractivity contribution in [3.8, 4) is 23.6 Å². The molecule has 128 valence electrons. The highest BCUT2D eigenvalue weighted by Crippen LogP contribution is 2.24. The molecule has 0 atom stereocenters. The minimum absolute atomic E-state index is 0.146. The highest BCUT2D eigenvalue weighted by atomic mass is 19.1. The largest absolute Gasteiger partial charge is 0.372 e. The van der Waals surface area contributed by atoms with Gasteiger partial charge in [-0.3, -0.25) is 4.79 Å². The zero-order chi connectivity index (χ0) is 18.4. The summed E-state index contributed by atoms with van der Waals surface area (Å²) in [6, 6.07) is 19.0. The predicted molar refractivity (Wildman–Crippen MR) is 102 cm³/mol. The lowest BCUT2D eigenvalue weighted by Crippen LogP contribution is -2.14. The fourth-order valence-corrected chi connectivity index (χ4v) is 2.58. The number of carbonyl (C=O) groups is 1. The molecule has 4 heteroatoms. The van der Waals surface area contributed by atoms with Crippen molar-refractivity contribution in [3.05, 3.63) is 89.9 Å². The number of H-pyrrole nitrogens is 1. The fraction of sp³-hybridized carbons (Fsp3) is 0.0455. The van der Waals surface area contributed by atoms with Crippen LogP contribution in [0.25, 0.3) is 17.0 Å². The number of nitrogens with one attached hydrogen (secondary N) is 2. The topological polar surface area (TPSA) is 44.9 Å². The summed E-state index contributed by atoms with van der Waals surface area (Å²) in [6.45, 7) is 0.266. The number of aromatic nitrogens is 1. The Bertz CT molecular complexity index is 981. The summed E-state index contributed by atoms with van der Waals surface area (Å²) in [7, 11) is 0. The Hall–Kier alpha value is -3.58. The number of carbonyl (C=O) groups excluding carboxylic acids is 1. The highest BCUT2D eigenvalue weighted by molar-refractivity contribution is 6.08. The molecule has 0 aliphatic heterocycles. The van der Waals surface area contributed by atoms with Crippen LogP contribution in [-0.2, 0) is 0 Å². The van der Waals surface area contributed by atoms with Crippen LogP contribution in [0.3, 0.4) is 0 Å². The summed E-state index contributed by atoms with van der Waals surface area (Å²) in [6.07, 6.45) is 6.82. The van der Waals surface area contributed by atoms with Crippen molar-refractivity contribution in [2.45, 2.75) is 0 Å². The maximum Gasteiger partial charge on any atom is 0.187 e. The maximum absolute atomic E-state index is 14.0. The number of rotatable bonds is 6. The summed E-state index contributed by atoms with van der Waals surface area (Å²) in [4.78, 5) is 15.6. The van der Waals surface area contributed by atoms with Crippen LogP contribution in [0.4, 0.5) is 4.39 Å². The van der Waals surface area contributed by atoms with Gasteiger partial charge in [-0.25, -0.2) is 4.39 Å². The van der Waals surface area contributed by atoms with E-state index in [4.69, 9.17) is 6.42 Å². The third-order valence-electron chi connectivity index (χ3n) is 3.85. The molecule has 1 aromatic heterocycles. The number of halogens is 1. The molecule has 0 amide bonds. The Kier molecular flexibility index (Phi) is 5.31. The molecule has 0 unspecified atom stereocenters. The molecular weight excluding hydrogens is 327 g/mol. The average Bonchev–Trinajstić information content (AvgIpc) is 3.16. The van der Waals surface area contributed by atoms with E-state index in [2.05, 4.69) is 16.2 Å². The van der Waals surface area contributed by atoms with Crippen molar-refractivity contribution in [1.82, 2.24) is 10.3 Å². The molecule has 0 bridgehead atoms. The molecule has 3 rings (SSSR count). The van der Waals surface area contributed by atoms with Crippen LogP contribution in [0.2, 0.25) is 0 Å². The van der Waals surface area contributed by atoms with Crippen LogP contribution in [0.15, 0.2) is 72.8 Å². The number of allylic oxidation sites excluding steroid dienone is 1. The third-order valence-corrected chi connectivity index (χ3v) is 3.85. The van der Waals surface area contributed by atoms with Gasteiger partial charge in [0.15, 0.2) is 5.78 Å². The van der Waals surface area contributed by atoms with Crippen LogP contribution >= 0.6 is 0 Å². The van der Waals surface area contributed by atoms with Crippen molar-refractivity contribution >= 4 is 11.5 Å². The Labute approximate surface area is 151 Å². The first-order chi connectivity index (χ1) is 12.7. The second-order valence-corrected chi connectivity index (χ2v) is 5.61. The molecule has 3 nitrogen and oxygen atoms in total. The minimum atomic E-state index is -0.316. The van der Waals surface area contributed by atoms with Crippen molar-refractivity contribution in [2.24, 2.45) is 0 Å². The molecular formula is C22H17FN2O. The lowest BCUT2D eigenvalue weighted by molar-refractivity contribution is 0.104. The number of aromatic amines is 1. The summed E-state index contributed by atoms with van der Waals surface area (Å²) in [5.74, 6) is 2.03. The molecule has 3 aromatic rings.